The third-order valence-electron chi connectivity index (χ3n) is 17.1. The van der Waals surface area contributed by atoms with Crippen LogP contribution in [0.5, 0.6) is 5.75 Å². The summed E-state index contributed by atoms with van der Waals surface area (Å²) in [5.74, 6) is -9.82. The number of allylic oxidation sites excluding steroid dienone is 3. The second-order valence-electron chi connectivity index (χ2n) is 24.5. The number of carboxylic acid groups (broad SMARTS) is 1. The monoisotopic (exact) mass is 1450 g/mol. The van der Waals surface area contributed by atoms with Crippen LogP contribution >= 0.6 is 33.2 Å². The minimum Gasteiger partial charge on any atom is -0.495 e. The number of benzene rings is 1. The topological polar surface area (TPSA) is 448 Å². The van der Waals surface area contributed by atoms with Crippen LogP contribution in [0.25, 0.3) is 0 Å². The number of guanidine groups is 1. The van der Waals surface area contributed by atoms with Gasteiger partial charge in [0.25, 0.3) is 19.4 Å². The van der Waals surface area contributed by atoms with Crippen molar-refractivity contribution in [1.29, 1.82) is 0 Å². The van der Waals surface area contributed by atoms with Crippen molar-refractivity contribution < 1.29 is 106 Å². The number of amides is 4. The molecule has 12 atom stereocenters. The number of carbonyl (C=O) groups is 12. The number of Topliss-reactive ketones (excluding diaryl/α,β-unsaturated/α-hetero) is 2. The summed E-state index contributed by atoms with van der Waals surface area (Å²) in [4.78, 5) is 162. The number of aliphatic hydroxyl groups is 1. The SMILES string of the molecule is COc1cc2cc(c1Cl)N(C)C(=O)C[C@H](OC(=O)[C@H](C)N(C)C(=O)CCSSC[C@H](NC(=O)[C@H](COC=O)CC(=O)[C@H](CCCN=C(N)N)NC(=O)[C@H](COC=O)CC(=O)CCn1cc(CCCC(=O)O)nn1)OC=O)[C@@]1(C)O[C@H]1[C@H](C)[C@@H]1C[C@@](O)(CC(=O)O1)[C@H](OC)/C=C/C=C(\C)C2. The fourth-order valence-electron chi connectivity index (χ4n) is 11.3. The molecule has 1 aromatic heterocycles. The van der Waals surface area contributed by atoms with Gasteiger partial charge in [-0.1, -0.05) is 69.1 Å². The fraction of sp³-hybridized carbons (Fsp3) is 0.609. The molecule has 0 unspecified atom stereocenters. The predicted molar refractivity (Wildman–Crippen MR) is 358 cm³/mol. The molecule has 99 heavy (non-hydrogen) atoms. The zero-order valence-corrected chi connectivity index (χ0v) is 58.9. The number of likely N-dealkylation sites (N-methyl/N-ethyl adjacent to an activating group) is 1. The van der Waals surface area contributed by atoms with Crippen molar-refractivity contribution >= 4 is 117 Å². The number of ether oxygens (including phenoxy) is 8. The quantitative estimate of drug-likeness (QED) is 0.00643. The second-order valence-corrected chi connectivity index (χ2v) is 27.5. The highest BCUT2D eigenvalue weighted by Gasteiger charge is 2.64. The Bertz CT molecular complexity index is 3280. The first kappa shape index (κ1) is 81.5. The van der Waals surface area contributed by atoms with Gasteiger partial charge < -0.3 is 80.0 Å². The van der Waals surface area contributed by atoms with Crippen molar-refractivity contribution in [2.45, 2.75) is 172 Å². The number of esters is 2. The maximum atomic E-state index is 14.5. The Labute approximate surface area is 585 Å². The predicted octanol–water partition coefficient (Wildman–Crippen LogP) is 2.28. The van der Waals surface area contributed by atoms with Crippen LogP contribution in [0.2, 0.25) is 5.02 Å². The summed E-state index contributed by atoms with van der Waals surface area (Å²) in [5.41, 5.74) is 10.3. The van der Waals surface area contributed by atoms with Crippen molar-refractivity contribution in [3.05, 3.63) is 58.4 Å². The summed E-state index contributed by atoms with van der Waals surface area (Å²) < 4.78 is 46.0. The fourth-order valence-corrected chi connectivity index (χ4v) is 13.6. The van der Waals surface area contributed by atoms with Crippen LogP contribution in [-0.4, -0.2) is 222 Å². The molecule has 546 valence electrons. The lowest BCUT2D eigenvalue weighted by atomic mass is 9.78. The molecule has 0 spiro atoms. The summed E-state index contributed by atoms with van der Waals surface area (Å²) in [6.45, 7) is 5.79. The van der Waals surface area contributed by atoms with E-state index in [-0.39, 0.29) is 99.9 Å². The first-order chi connectivity index (χ1) is 47.0. The van der Waals surface area contributed by atoms with Gasteiger partial charge in [-0.05, 0) is 70.6 Å². The lowest BCUT2D eigenvalue weighted by Gasteiger charge is -2.41. The van der Waals surface area contributed by atoms with Crippen molar-refractivity contribution in [2.75, 3.05) is 64.5 Å². The van der Waals surface area contributed by atoms with Crippen molar-refractivity contribution in [3.8, 4) is 5.75 Å². The molecule has 3 aliphatic rings. The third kappa shape index (κ3) is 24.9. The lowest BCUT2D eigenvalue weighted by Crippen LogP contribution is -2.53. The number of epoxide rings is 1. The van der Waals surface area contributed by atoms with E-state index < -0.39 is 157 Å². The first-order valence-corrected chi connectivity index (χ1v) is 34.7. The van der Waals surface area contributed by atoms with Crippen molar-refractivity contribution in [3.63, 3.8) is 0 Å². The number of carboxylic acids is 1. The van der Waals surface area contributed by atoms with Crippen molar-refractivity contribution in [1.82, 2.24) is 30.5 Å². The lowest BCUT2D eigenvalue weighted by molar-refractivity contribution is -0.187. The number of rotatable bonds is 39. The number of fused-ring (bicyclic) bond motifs is 5. The highest BCUT2D eigenvalue weighted by Crippen LogP contribution is 2.50. The number of nitrogens with two attached hydrogens (primary N) is 2. The van der Waals surface area contributed by atoms with Gasteiger partial charge in [0.05, 0.1) is 61.1 Å². The van der Waals surface area contributed by atoms with Gasteiger partial charge in [0.15, 0.2) is 18.0 Å². The van der Waals surface area contributed by atoms with E-state index in [0.29, 0.717) is 36.4 Å². The number of methoxy groups -OCH3 is 2. The number of aliphatic imine (C=N–C) groups is 1. The third-order valence-corrected chi connectivity index (χ3v) is 19.8. The van der Waals surface area contributed by atoms with E-state index in [9.17, 15) is 62.6 Å². The maximum absolute atomic E-state index is 14.5. The van der Waals surface area contributed by atoms with E-state index in [1.807, 2.05) is 13.0 Å². The molecule has 2 fully saturated rings. The molecule has 0 radical (unpaired) electrons. The zero-order valence-electron chi connectivity index (χ0n) is 56.5. The summed E-state index contributed by atoms with van der Waals surface area (Å²) >= 11 is 6.84. The molecule has 3 aliphatic heterocycles. The van der Waals surface area contributed by atoms with Gasteiger partial charge in [-0.2, -0.15) is 0 Å². The smallest absolute Gasteiger partial charge is 0.328 e. The molecule has 35 heteroatoms. The van der Waals surface area contributed by atoms with Gasteiger partial charge in [0.2, 0.25) is 23.6 Å². The number of hydrogen-bond donors (Lipinski definition) is 6. The number of halogens is 1. The highest BCUT2D eigenvalue weighted by atomic mass is 35.5. The minimum absolute atomic E-state index is 0.00931. The number of nitrogens with zero attached hydrogens (tertiary/aromatic N) is 6. The standard InChI is InChI=1S/C64H89ClN10O22S2/c1-37-12-9-15-50(91-8)64(89)28-49(95-56(85)29-64)38(2)58-63(4,97-58)51(27-54(82)74(6)46-23-40(22-37)24-48(90-7)57(46)65)96-61(88)39(3)73(5)53(81)18-21-98-99-33-52(94-36-78)70-60(87)42(32-93-35-77)26-47(80)45(14-11-19-68-62(66)67)69-59(86)41(31-92-34-76)25-44(79)17-20-75-30-43(71-72-75)13-10-16-55(83)84/h9,12,15,23-24,30,34-36,38-39,41-42,45,49-52,58,89H,10-11,13-14,16-22,25-29,31-33H2,1-8H3,(H,69,86)(H,70,87)(H,83,84)(H4,66,67,68)/b15-9+,37-12+/t38-,39+,41+,42+,45+,49+,50-,51+,52-,58+,63-,64-/m1/s1. The van der Waals surface area contributed by atoms with Gasteiger partial charge in [-0.15, -0.1) is 5.10 Å². The summed E-state index contributed by atoms with van der Waals surface area (Å²) in [6.07, 6.45) is 0.342. The van der Waals surface area contributed by atoms with Crippen LogP contribution in [0.3, 0.4) is 0 Å². The molecule has 0 saturated carbocycles. The van der Waals surface area contributed by atoms with Crippen LogP contribution in [0.4, 0.5) is 5.69 Å². The van der Waals surface area contributed by atoms with Crippen LogP contribution < -0.4 is 31.7 Å². The molecule has 4 heterocycles. The molecular weight excluding hydrogens is 1360 g/mol. The van der Waals surface area contributed by atoms with Crippen LogP contribution in [0.1, 0.15) is 110 Å². The number of nitrogens with one attached hydrogen (secondary N) is 2. The van der Waals surface area contributed by atoms with E-state index in [1.54, 1.807) is 44.3 Å². The average molecular weight is 1450 g/mol. The molecule has 2 saturated heterocycles. The first-order valence-electron chi connectivity index (χ1n) is 31.8. The Kier molecular flexibility index (Phi) is 32.6. The number of anilines is 1. The van der Waals surface area contributed by atoms with E-state index in [4.69, 9.17) is 66.1 Å². The number of aryl methyl sites for hydroxylation is 2. The summed E-state index contributed by atoms with van der Waals surface area (Å²) in [7, 11) is 7.98. The van der Waals surface area contributed by atoms with E-state index in [2.05, 4.69) is 25.9 Å². The molecule has 2 aromatic rings. The Morgan fingerprint density at radius 2 is 1.68 bits per heavy atom. The van der Waals surface area contributed by atoms with Gasteiger partial charge >= 0.3 is 17.9 Å². The Morgan fingerprint density at radius 3 is 2.33 bits per heavy atom. The molecule has 5 rings (SSSR count). The Hall–Kier alpha value is -8.18. The summed E-state index contributed by atoms with van der Waals surface area (Å²) in [5, 5.41) is 34.1. The van der Waals surface area contributed by atoms with E-state index >= 15 is 0 Å². The maximum Gasteiger partial charge on any atom is 0.328 e. The normalized spacial score (nSPS) is 23.0. The average Bonchev–Trinajstić information content (AvgIpc) is 1.58. The molecule has 0 aliphatic carbocycles. The van der Waals surface area contributed by atoms with Gasteiger partial charge in [-0.3, -0.25) is 62.4 Å². The van der Waals surface area contributed by atoms with Crippen LogP contribution in [0, 0.1) is 17.8 Å². The molecule has 8 N–H and O–H groups in total. The van der Waals surface area contributed by atoms with E-state index in [1.165, 1.54) is 44.8 Å². The zero-order chi connectivity index (χ0) is 73.1. The van der Waals surface area contributed by atoms with E-state index in [0.717, 1.165) is 37.6 Å². The number of aliphatic carboxylic acids is 1. The number of aromatic nitrogens is 3. The van der Waals surface area contributed by atoms with Gasteiger partial charge in [-0.25, -0.2) is 4.79 Å². The van der Waals surface area contributed by atoms with Crippen molar-refractivity contribution in [2.24, 2.45) is 34.2 Å². The van der Waals surface area contributed by atoms with Crippen LogP contribution in [0.15, 0.2) is 47.1 Å². The number of carbonyl (C=O) groups excluding carboxylic acids is 11. The Morgan fingerprint density at radius 1 is 0.980 bits per heavy atom. The molecule has 4 bridgehead atoms. The number of ketones is 2. The van der Waals surface area contributed by atoms with Crippen LogP contribution in [-0.2, 0) is 110 Å². The second kappa shape index (κ2) is 39.6. The summed E-state index contributed by atoms with van der Waals surface area (Å²) in [6, 6.07) is 0.900. The minimum atomic E-state index is -1.69. The molecule has 32 nitrogen and oxygen atoms in total. The number of hydrogen-bond acceptors (Lipinski definition) is 26. The molecular formula is C64H89ClN10O22S2. The molecule has 1 aromatic carbocycles. The highest BCUT2D eigenvalue weighted by molar-refractivity contribution is 8.76. The molecule has 4 amide bonds. The largest absolute Gasteiger partial charge is 0.495 e. The van der Waals surface area contributed by atoms with Gasteiger partial charge in [0, 0.05) is 90.7 Å². The van der Waals surface area contributed by atoms with Gasteiger partial charge in [0.1, 0.15) is 65.3 Å². The Balaban J connectivity index is 1.22.